The molecule has 1 saturated heterocycles. The van der Waals surface area contributed by atoms with Crippen molar-refractivity contribution in [2.24, 2.45) is 0 Å². The average molecular weight is 339 g/mol. The first kappa shape index (κ1) is 15.6. The highest BCUT2D eigenvalue weighted by atomic mass is 35.5. The maximum Gasteiger partial charge on any atom is 0.0967 e. The van der Waals surface area contributed by atoms with Crippen LogP contribution < -0.4 is 0 Å². The van der Waals surface area contributed by atoms with E-state index in [1.54, 1.807) is 0 Å². The molecule has 1 aromatic carbocycles. The smallest absolute Gasteiger partial charge is 0.0967 e. The minimum atomic E-state index is -0.638. The fourth-order valence-electron chi connectivity index (χ4n) is 2.54. The van der Waals surface area contributed by atoms with Crippen LogP contribution in [-0.2, 0) is 23.9 Å². The van der Waals surface area contributed by atoms with Crippen LogP contribution in [0.4, 0.5) is 0 Å². The van der Waals surface area contributed by atoms with Crippen molar-refractivity contribution in [1.29, 1.82) is 0 Å². The summed E-state index contributed by atoms with van der Waals surface area (Å²) in [7, 11) is -0.638. The second-order valence-electron chi connectivity index (χ2n) is 5.62. The van der Waals surface area contributed by atoms with E-state index in [0.717, 1.165) is 53.0 Å². The van der Waals surface area contributed by atoms with Crippen molar-refractivity contribution < 1.29 is 4.21 Å². The average Bonchev–Trinajstić information content (AvgIpc) is 2.93. The molecule has 0 aliphatic carbocycles. The molecule has 22 heavy (non-hydrogen) atoms. The molecule has 5 nitrogen and oxygen atoms in total. The van der Waals surface area contributed by atoms with Crippen LogP contribution in [0.25, 0.3) is 0 Å². The van der Waals surface area contributed by atoms with Gasteiger partial charge in [0.15, 0.2) is 0 Å². The number of hydrogen-bond donors (Lipinski definition) is 0. The molecule has 1 aliphatic heterocycles. The fraction of sp³-hybridized carbons (Fsp3) is 0.467. The van der Waals surface area contributed by atoms with E-state index in [1.807, 2.05) is 29.9 Å². The topological polar surface area (TPSA) is 51.0 Å². The van der Waals surface area contributed by atoms with Crippen molar-refractivity contribution >= 4 is 22.4 Å². The molecule has 0 amide bonds. The van der Waals surface area contributed by atoms with Crippen molar-refractivity contribution in [2.75, 3.05) is 24.6 Å². The molecule has 7 heteroatoms. The van der Waals surface area contributed by atoms with Gasteiger partial charge in [0.1, 0.15) is 0 Å². The number of hydrogen-bond acceptors (Lipinski definition) is 4. The lowest BCUT2D eigenvalue weighted by molar-refractivity contribution is 0.288. The Hall–Kier alpha value is -1.24. The van der Waals surface area contributed by atoms with Gasteiger partial charge in [-0.2, -0.15) is 0 Å². The molecule has 1 aliphatic rings. The van der Waals surface area contributed by atoms with E-state index in [4.69, 9.17) is 11.6 Å². The standard InChI is InChI=1S/C15H19ClN4OS/c1-12-8-13(2-3-15(12)16)9-20-11-14(17-18-20)10-19-4-6-22(21)7-5-19/h2-3,8,11H,4-7,9-10H2,1H3. The SMILES string of the molecule is Cc1cc(Cn2cc(CN3CCS(=O)CC3)nn2)ccc1Cl. The molecule has 0 radical (unpaired) electrons. The molecule has 0 saturated carbocycles. The van der Waals surface area contributed by atoms with E-state index in [2.05, 4.69) is 21.3 Å². The van der Waals surface area contributed by atoms with Crippen molar-refractivity contribution in [2.45, 2.75) is 20.0 Å². The molecular formula is C15H19ClN4OS. The molecule has 1 fully saturated rings. The van der Waals surface area contributed by atoms with Gasteiger partial charge in [-0.05, 0) is 24.1 Å². The van der Waals surface area contributed by atoms with Crippen LogP contribution in [0.5, 0.6) is 0 Å². The molecular weight excluding hydrogens is 320 g/mol. The van der Waals surface area contributed by atoms with Gasteiger partial charge in [0.25, 0.3) is 0 Å². The van der Waals surface area contributed by atoms with Gasteiger partial charge >= 0.3 is 0 Å². The Balaban J connectivity index is 1.61. The maximum atomic E-state index is 11.4. The van der Waals surface area contributed by atoms with E-state index in [-0.39, 0.29) is 0 Å². The Morgan fingerprint density at radius 3 is 2.77 bits per heavy atom. The summed E-state index contributed by atoms with van der Waals surface area (Å²) >= 11 is 6.04. The second-order valence-corrected chi connectivity index (χ2v) is 7.72. The predicted molar refractivity (Wildman–Crippen MR) is 88.5 cm³/mol. The Bertz CT molecular complexity index is 678. The summed E-state index contributed by atoms with van der Waals surface area (Å²) in [4.78, 5) is 2.28. The van der Waals surface area contributed by atoms with E-state index in [9.17, 15) is 4.21 Å². The van der Waals surface area contributed by atoms with Gasteiger partial charge in [-0.15, -0.1) is 5.10 Å². The lowest BCUT2D eigenvalue weighted by Crippen LogP contribution is -2.37. The van der Waals surface area contributed by atoms with Gasteiger partial charge in [0, 0.05) is 47.0 Å². The molecule has 0 bridgehead atoms. The highest BCUT2D eigenvalue weighted by molar-refractivity contribution is 7.85. The van der Waals surface area contributed by atoms with Gasteiger partial charge in [0.2, 0.25) is 0 Å². The van der Waals surface area contributed by atoms with E-state index in [1.165, 1.54) is 0 Å². The molecule has 1 aromatic heterocycles. The highest BCUT2D eigenvalue weighted by Gasteiger charge is 2.16. The quantitative estimate of drug-likeness (QED) is 0.853. The first-order chi connectivity index (χ1) is 10.6. The Kier molecular flexibility index (Phi) is 4.90. The van der Waals surface area contributed by atoms with E-state index >= 15 is 0 Å². The lowest BCUT2D eigenvalue weighted by Gasteiger charge is -2.24. The number of aromatic nitrogens is 3. The zero-order chi connectivity index (χ0) is 15.5. The Morgan fingerprint density at radius 2 is 2.05 bits per heavy atom. The number of benzene rings is 1. The van der Waals surface area contributed by atoms with Gasteiger partial charge in [-0.1, -0.05) is 28.9 Å². The summed E-state index contributed by atoms with van der Waals surface area (Å²) in [6.07, 6.45) is 1.98. The third-order valence-electron chi connectivity index (χ3n) is 3.81. The summed E-state index contributed by atoms with van der Waals surface area (Å²) in [5, 5.41) is 9.21. The van der Waals surface area contributed by atoms with E-state index < -0.39 is 10.8 Å². The summed E-state index contributed by atoms with van der Waals surface area (Å²) in [5.74, 6) is 1.52. The number of nitrogens with zero attached hydrogens (tertiary/aromatic N) is 4. The van der Waals surface area contributed by atoms with Crippen LogP contribution in [0.15, 0.2) is 24.4 Å². The van der Waals surface area contributed by atoms with Crippen LogP contribution in [0.3, 0.4) is 0 Å². The third kappa shape index (κ3) is 3.94. The molecule has 0 N–H and O–H groups in total. The summed E-state index contributed by atoms with van der Waals surface area (Å²) in [6.45, 7) is 5.20. The zero-order valence-electron chi connectivity index (χ0n) is 12.5. The summed E-state index contributed by atoms with van der Waals surface area (Å²) < 4.78 is 13.2. The zero-order valence-corrected chi connectivity index (χ0v) is 14.1. The van der Waals surface area contributed by atoms with E-state index in [0.29, 0.717) is 6.54 Å². The molecule has 118 valence electrons. The normalized spacial score (nSPS) is 17.0. The van der Waals surface area contributed by atoms with Crippen LogP contribution in [-0.4, -0.2) is 48.7 Å². The molecule has 0 atom stereocenters. The monoisotopic (exact) mass is 338 g/mol. The Morgan fingerprint density at radius 1 is 1.27 bits per heavy atom. The molecule has 0 spiro atoms. The van der Waals surface area contributed by atoms with Gasteiger partial charge in [0.05, 0.1) is 18.4 Å². The van der Waals surface area contributed by atoms with Crippen molar-refractivity contribution in [3.63, 3.8) is 0 Å². The fourth-order valence-corrected chi connectivity index (χ4v) is 3.79. The molecule has 2 heterocycles. The maximum absolute atomic E-state index is 11.4. The van der Waals surface area contributed by atoms with Crippen LogP contribution in [0.1, 0.15) is 16.8 Å². The van der Waals surface area contributed by atoms with Crippen LogP contribution >= 0.6 is 11.6 Å². The van der Waals surface area contributed by atoms with Gasteiger partial charge in [-0.3, -0.25) is 9.11 Å². The Labute approximate surface area is 137 Å². The van der Waals surface area contributed by atoms with Crippen molar-refractivity contribution in [3.8, 4) is 0 Å². The summed E-state index contributed by atoms with van der Waals surface area (Å²) in [5.41, 5.74) is 3.19. The minimum absolute atomic E-state index is 0.638. The largest absolute Gasteiger partial charge is 0.296 e. The summed E-state index contributed by atoms with van der Waals surface area (Å²) in [6, 6.07) is 6.00. The highest BCUT2D eigenvalue weighted by Crippen LogP contribution is 2.17. The predicted octanol–water partition coefficient (Wildman–Crippen LogP) is 1.85. The lowest BCUT2D eigenvalue weighted by atomic mass is 10.1. The first-order valence-corrected chi connectivity index (χ1v) is 9.18. The molecule has 2 aromatic rings. The van der Waals surface area contributed by atoms with Crippen molar-refractivity contribution in [3.05, 3.63) is 46.2 Å². The number of halogens is 1. The number of rotatable bonds is 4. The number of aryl methyl sites for hydroxylation is 1. The third-order valence-corrected chi connectivity index (χ3v) is 5.51. The van der Waals surface area contributed by atoms with Crippen molar-refractivity contribution in [1.82, 2.24) is 19.9 Å². The second kappa shape index (κ2) is 6.89. The van der Waals surface area contributed by atoms with Crippen LogP contribution in [0.2, 0.25) is 5.02 Å². The van der Waals surface area contributed by atoms with Crippen LogP contribution in [0, 0.1) is 6.92 Å². The van der Waals surface area contributed by atoms with Gasteiger partial charge < -0.3 is 0 Å². The first-order valence-electron chi connectivity index (χ1n) is 7.31. The molecule has 3 rings (SSSR count). The molecule has 0 unspecified atom stereocenters. The minimum Gasteiger partial charge on any atom is -0.296 e. The van der Waals surface area contributed by atoms with Gasteiger partial charge in [-0.25, -0.2) is 4.68 Å².